The van der Waals surface area contributed by atoms with Crippen molar-refractivity contribution in [2.75, 3.05) is 11.9 Å². The number of hydrogen-bond acceptors (Lipinski definition) is 7. The van der Waals surface area contributed by atoms with Crippen LogP contribution in [0.2, 0.25) is 0 Å². The van der Waals surface area contributed by atoms with Crippen molar-refractivity contribution in [2.45, 2.75) is 40.2 Å². The largest absolute Gasteiger partial charge is 0.460 e. The molecule has 0 radical (unpaired) electrons. The number of nitrogens with one attached hydrogen (secondary N) is 1. The number of ether oxygens (including phenoxy) is 1. The molecule has 1 atom stereocenters. The molecule has 2 rings (SSSR count). The van der Waals surface area contributed by atoms with Crippen molar-refractivity contribution in [3.63, 3.8) is 0 Å². The Hall–Kier alpha value is -2.25. The van der Waals surface area contributed by atoms with Gasteiger partial charge in [-0.3, -0.25) is 0 Å². The van der Waals surface area contributed by atoms with Crippen LogP contribution in [0.3, 0.4) is 0 Å². The molecule has 0 spiro atoms. The van der Waals surface area contributed by atoms with E-state index in [1.807, 2.05) is 13.8 Å². The molecule has 0 saturated heterocycles. The van der Waals surface area contributed by atoms with Gasteiger partial charge in [0.1, 0.15) is 12.7 Å². The second-order valence-electron chi connectivity index (χ2n) is 5.17. The lowest BCUT2D eigenvalue weighted by atomic mass is 10.1. The molecule has 1 N–H and O–H groups in total. The highest BCUT2D eigenvalue weighted by Crippen LogP contribution is 2.14. The van der Waals surface area contributed by atoms with Crippen LogP contribution >= 0.6 is 0 Å². The summed E-state index contributed by atoms with van der Waals surface area (Å²) in [6, 6.07) is 0.291. The van der Waals surface area contributed by atoms with Crippen molar-refractivity contribution < 1.29 is 4.74 Å². The Bertz CT molecular complexity index is 556. The number of hydrogen-bond donors (Lipinski definition) is 1. The molecule has 0 aromatic carbocycles. The molecule has 114 valence electrons. The van der Waals surface area contributed by atoms with Gasteiger partial charge in [-0.1, -0.05) is 13.8 Å². The molecule has 0 fully saturated rings. The average molecular weight is 291 g/mol. The minimum atomic E-state index is 0.0328. The zero-order chi connectivity index (χ0) is 15.2. The Morgan fingerprint density at radius 3 is 2.67 bits per heavy atom. The van der Waals surface area contributed by atoms with Gasteiger partial charge in [-0.15, -0.1) is 0 Å². The van der Waals surface area contributed by atoms with E-state index < -0.39 is 0 Å². The first-order chi connectivity index (χ1) is 10.1. The van der Waals surface area contributed by atoms with Crippen LogP contribution in [0.1, 0.15) is 34.1 Å². The predicted octanol–water partition coefficient (Wildman–Crippen LogP) is 1.70. The Kier molecular flexibility index (Phi) is 5.02. The molecule has 0 bridgehead atoms. The summed E-state index contributed by atoms with van der Waals surface area (Å²) >= 11 is 0. The van der Waals surface area contributed by atoms with Crippen molar-refractivity contribution in [2.24, 2.45) is 5.92 Å². The first-order valence-corrected chi connectivity index (χ1v) is 7.10. The van der Waals surface area contributed by atoms with E-state index in [4.69, 9.17) is 4.74 Å². The first-order valence-electron chi connectivity index (χ1n) is 7.10. The van der Waals surface area contributed by atoms with Crippen LogP contribution in [-0.4, -0.2) is 42.4 Å². The summed E-state index contributed by atoms with van der Waals surface area (Å²) in [5.41, 5.74) is 0. The second kappa shape index (κ2) is 6.96. The molecular weight excluding hydrogens is 270 g/mol. The topological polar surface area (TPSA) is 90.6 Å². The predicted molar refractivity (Wildman–Crippen MR) is 78.5 cm³/mol. The number of rotatable bonds is 7. The van der Waals surface area contributed by atoms with E-state index in [9.17, 15) is 0 Å². The highest BCUT2D eigenvalue weighted by molar-refractivity contribution is 5.29. The van der Waals surface area contributed by atoms with Gasteiger partial charge in [0.15, 0.2) is 0 Å². The Morgan fingerprint density at radius 2 is 2.05 bits per heavy atom. The third-order valence-electron chi connectivity index (χ3n) is 2.67. The monoisotopic (exact) mass is 291 g/mol. The lowest BCUT2D eigenvalue weighted by Crippen LogP contribution is -2.18. The third kappa shape index (κ3) is 4.37. The summed E-state index contributed by atoms with van der Waals surface area (Å²) in [7, 11) is 0. The fourth-order valence-corrected chi connectivity index (χ4v) is 1.94. The lowest BCUT2D eigenvalue weighted by Gasteiger charge is -2.15. The fraction of sp³-hybridized carbons (Fsp3) is 0.615. The Labute approximate surface area is 124 Å². The maximum atomic E-state index is 5.79. The Balaban J connectivity index is 2.23. The quantitative estimate of drug-likeness (QED) is 0.830. The standard InChI is InChI=1S/C13H21N7O/c1-5-15-11-17-12(20-8-14-7-16-20)19-13(18-11)21-10(4)6-9(2)3/h7-10H,5-6H2,1-4H3,(H,15,17,18,19). The van der Waals surface area contributed by atoms with E-state index in [1.54, 1.807) is 0 Å². The molecule has 21 heavy (non-hydrogen) atoms. The molecule has 0 aliphatic heterocycles. The maximum Gasteiger partial charge on any atom is 0.323 e. The van der Waals surface area contributed by atoms with Crippen molar-refractivity contribution in [1.82, 2.24) is 29.7 Å². The summed E-state index contributed by atoms with van der Waals surface area (Å²) in [5, 5.41) is 7.09. The van der Waals surface area contributed by atoms with Gasteiger partial charge in [-0.2, -0.15) is 24.7 Å². The molecule has 8 nitrogen and oxygen atoms in total. The van der Waals surface area contributed by atoms with Crippen LogP contribution < -0.4 is 10.1 Å². The normalized spacial score (nSPS) is 12.4. The number of anilines is 1. The maximum absolute atomic E-state index is 5.79. The van der Waals surface area contributed by atoms with Crippen LogP contribution in [0, 0.1) is 5.92 Å². The minimum Gasteiger partial charge on any atom is -0.460 e. The number of nitrogens with zero attached hydrogens (tertiary/aromatic N) is 6. The van der Waals surface area contributed by atoms with Gasteiger partial charge in [0.25, 0.3) is 5.95 Å². The molecule has 0 aliphatic carbocycles. The van der Waals surface area contributed by atoms with Gasteiger partial charge < -0.3 is 10.1 Å². The first kappa shape index (κ1) is 15.1. The van der Waals surface area contributed by atoms with E-state index in [-0.39, 0.29) is 6.10 Å². The van der Waals surface area contributed by atoms with E-state index in [0.717, 1.165) is 6.42 Å². The molecule has 0 aliphatic rings. The minimum absolute atomic E-state index is 0.0328. The summed E-state index contributed by atoms with van der Waals surface area (Å²) in [5.74, 6) is 1.39. The molecule has 2 aromatic heterocycles. The SMILES string of the molecule is CCNc1nc(OC(C)CC(C)C)nc(-n2cncn2)n1. The van der Waals surface area contributed by atoms with Crippen molar-refractivity contribution in [3.05, 3.63) is 12.7 Å². The van der Waals surface area contributed by atoms with Gasteiger partial charge >= 0.3 is 6.01 Å². The molecule has 1 unspecified atom stereocenters. The Morgan fingerprint density at radius 1 is 1.24 bits per heavy atom. The van der Waals surface area contributed by atoms with Crippen LogP contribution in [0.15, 0.2) is 12.7 Å². The highest BCUT2D eigenvalue weighted by atomic mass is 16.5. The van der Waals surface area contributed by atoms with Gasteiger partial charge in [-0.05, 0) is 26.2 Å². The molecule has 0 saturated carbocycles. The van der Waals surface area contributed by atoms with E-state index >= 15 is 0 Å². The zero-order valence-electron chi connectivity index (χ0n) is 12.8. The van der Waals surface area contributed by atoms with E-state index in [2.05, 4.69) is 44.2 Å². The van der Waals surface area contributed by atoms with E-state index in [0.29, 0.717) is 30.4 Å². The van der Waals surface area contributed by atoms with Crippen LogP contribution in [0.4, 0.5) is 5.95 Å². The highest BCUT2D eigenvalue weighted by Gasteiger charge is 2.13. The second-order valence-corrected chi connectivity index (χ2v) is 5.17. The van der Waals surface area contributed by atoms with Crippen molar-refractivity contribution >= 4 is 5.95 Å². The zero-order valence-corrected chi connectivity index (χ0v) is 12.8. The average Bonchev–Trinajstić information content (AvgIpc) is 2.91. The van der Waals surface area contributed by atoms with Crippen LogP contribution in [0.25, 0.3) is 5.95 Å². The number of aromatic nitrogens is 6. The fourth-order valence-electron chi connectivity index (χ4n) is 1.94. The molecule has 8 heteroatoms. The van der Waals surface area contributed by atoms with Gasteiger partial charge in [0, 0.05) is 6.54 Å². The molecular formula is C13H21N7O. The molecule has 2 aromatic rings. The summed E-state index contributed by atoms with van der Waals surface area (Å²) in [6.07, 6.45) is 3.93. The molecule has 2 heterocycles. The summed E-state index contributed by atoms with van der Waals surface area (Å²) < 4.78 is 7.26. The van der Waals surface area contributed by atoms with Gasteiger partial charge in [0.05, 0.1) is 6.10 Å². The van der Waals surface area contributed by atoms with Crippen molar-refractivity contribution in [1.29, 1.82) is 0 Å². The van der Waals surface area contributed by atoms with Crippen LogP contribution in [0.5, 0.6) is 6.01 Å². The summed E-state index contributed by atoms with van der Waals surface area (Å²) in [6.45, 7) is 8.99. The lowest BCUT2D eigenvalue weighted by molar-refractivity contribution is 0.177. The molecule has 0 amide bonds. The third-order valence-corrected chi connectivity index (χ3v) is 2.67. The van der Waals surface area contributed by atoms with Crippen molar-refractivity contribution in [3.8, 4) is 12.0 Å². The van der Waals surface area contributed by atoms with Gasteiger partial charge in [-0.25, -0.2) is 4.98 Å². The smallest absolute Gasteiger partial charge is 0.323 e. The van der Waals surface area contributed by atoms with Crippen LogP contribution in [-0.2, 0) is 0 Å². The summed E-state index contributed by atoms with van der Waals surface area (Å²) in [4.78, 5) is 16.7. The van der Waals surface area contributed by atoms with E-state index in [1.165, 1.54) is 17.3 Å². The van der Waals surface area contributed by atoms with Gasteiger partial charge in [0.2, 0.25) is 5.95 Å².